The van der Waals surface area contributed by atoms with Crippen LogP contribution in [0.25, 0.3) is 21.5 Å². The Kier molecular flexibility index (Phi) is 3.14. The van der Waals surface area contributed by atoms with Gasteiger partial charge in [0.2, 0.25) is 0 Å². The second kappa shape index (κ2) is 4.65. The van der Waals surface area contributed by atoms with Crippen molar-refractivity contribution in [2.24, 2.45) is 0 Å². The summed E-state index contributed by atoms with van der Waals surface area (Å²) in [6.07, 6.45) is 0. The zero-order valence-electron chi connectivity index (χ0n) is 9.58. The van der Waals surface area contributed by atoms with Crippen LogP contribution >= 0.6 is 38.9 Å². The predicted molar refractivity (Wildman–Crippen MR) is 82.5 cm³/mol. The van der Waals surface area contributed by atoms with Crippen LogP contribution in [0.2, 0.25) is 4.34 Å². The SMILES string of the molecule is Cc1c(Br)c(-c2ccc(Cl)s2)nc2ccccc12. The minimum Gasteiger partial charge on any atom is -0.246 e. The van der Waals surface area contributed by atoms with E-state index in [1.54, 1.807) is 11.3 Å². The van der Waals surface area contributed by atoms with Gasteiger partial charge in [0.1, 0.15) is 0 Å². The van der Waals surface area contributed by atoms with Gasteiger partial charge < -0.3 is 0 Å². The van der Waals surface area contributed by atoms with Crippen molar-refractivity contribution >= 4 is 49.8 Å². The maximum absolute atomic E-state index is 6.00. The molecular formula is C14H9BrClNS. The average Bonchev–Trinajstić information content (AvgIpc) is 2.80. The fraction of sp³-hybridized carbons (Fsp3) is 0.0714. The summed E-state index contributed by atoms with van der Waals surface area (Å²) in [5.74, 6) is 0. The van der Waals surface area contributed by atoms with E-state index in [4.69, 9.17) is 16.6 Å². The standard InChI is InChI=1S/C14H9BrClNS/c1-8-9-4-2-3-5-10(9)17-14(13(8)15)11-6-7-12(16)18-11/h2-7H,1H3. The summed E-state index contributed by atoms with van der Waals surface area (Å²) in [7, 11) is 0. The Balaban J connectivity index is 2.33. The molecule has 0 saturated heterocycles. The van der Waals surface area contributed by atoms with Crippen LogP contribution in [0.15, 0.2) is 40.9 Å². The highest BCUT2D eigenvalue weighted by Gasteiger charge is 2.12. The largest absolute Gasteiger partial charge is 0.246 e. The molecule has 0 aliphatic rings. The monoisotopic (exact) mass is 337 g/mol. The molecule has 0 saturated carbocycles. The van der Waals surface area contributed by atoms with Crippen LogP contribution in [-0.4, -0.2) is 4.98 Å². The number of fused-ring (bicyclic) bond motifs is 1. The molecule has 0 unspecified atom stereocenters. The lowest BCUT2D eigenvalue weighted by atomic mass is 10.1. The van der Waals surface area contributed by atoms with Gasteiger partial charge in [-0.15, -0.1) is 11.3 Å². The molecule has 1 nitrogen and oxygen atoms in total. The molecule has 0 spiro atoms. The number of nitrogens with zero attached hydrogens (tertiary/aromatic N) is 1. The molecule has 2 heterocycles. The Bertz CT molecular complexity index is 736. The average molecular weight is 339 g/mol. The number of hydrogen-bond acceptors (Lipinski definition) is 2. The van der Waals surface area contributed by atoms with Crippen molar-refractivity contribution in [3.8, 4) is 10.6 Å². The first-order valence-corrected chi connectivity index (χ1v) is 7.46. The molecule has 3 aromatic rings. The number of hydrogen-bond donors (Lipinski definition) is 0. The Morgan fingerprint density at radius 2 is 1.94 bits per heavy atom. The van der Waals surface area contributed by atoms with E-state index in [0.29, 0.717) is 0 Å². The Hall–Kier alpha value is -0.900. The van der Waals surface area contributed by atoms with Gasteiger partial charge in [0, 0.05) is 9.86 Å². The number of thiophene rings is 1. The number of benzene rings is 1. The zero-order valence-corrected chi connectivity index (χ0v) is 12.7. The van der Waals surface area contributed by atoms with Crippen LogP contribution in [0, 0.1) is 6.92 Å². The molecule has 0 N–H and O–H groups in total. The molecule has 0 aliphatic carbocycles. The molecule has 0 atom stereocenters. The third-order valence-corrected chi connectivity index (χ3v) is 5.09. The molecule has 1 aromatic carbocycles. The topological polar surface area (TPSA) is 12.9 Å². The predicted octanol–water partition coefficient (Wildman–Crippen LogP) is 5.69. The van der Waals surface area contributed by atoms with E-state index in [2.05, 4.69) is 28.9 Å². The second-order valence-corrected chi connectivity index (χ2v) is 6.53. The minimum absolute atomic E-state index is 0.782. The molecular weight excluding hydrogens is 330 g/mol. The number of aryl methyl sites for hydroxylation is 1. The lowest BCUT2D eigenvalue weighted by Gasteiger charge is -2.08. The van der Waals surface area contributed by atoms with Crippen LogP contribution in [-0.2, 0) is 0 Å². The molecule has 4 heteroatoms. The number of para-hydroxylation sites is 1. The van der Waals surface area contributed by atoms with E-state index < -0.39 is 0 Å². The Labute approximate surface area is 123 Å². The van der Waals surface area contributed by atoms with Gasteiger partial charge in [-0.05, 0) is 46.6 Å². The fourth-order valence-corrected chi connectivity index (χ4v) is 3.64. The van der Waals surface area contributed by atoms with Crippen molar-refractivity contribution in [3.63, 3.8) is 0 Å². The minimum atomic E-state index is 0.782. The summed E-state index contributed by atoms with van der Waals surface area (Å²) >= 11 is 11.2. The smallest absolute Gasteiger partial charge is 0.0954 e. The highest BCUT2D eigenvalue weighted by molar-refractivity contribution is 9.10. The van der Waals surface area contributed by atoms with Crippen LogP contribution in [0.3, 0.4) is 0 Å². The first-order chi connectivity index (χ1) is 8.66. The summed E-state index contributed by atoms with van der Waals surface area (Å²) < 4.78 is 1.82. The summed E-state index contributed by atoms with van der Waals surface area (Å²) in [6.45, 7) is 2.10. The molecule has 0 aliphatic heterocycles. The van der Waals surface area contributed by atoms with Gasteiger partial charge in [-0.2, -0.15) is 0 Å². The van der Waals surface area contributed by atoms with Crippen molar-refractivity contribution < 1.29 is 0 Å². The molecule has 2 aromatic heterocycles. The summed E-state index contributed by atoms with van der Waals surface area (Å²) in [5.41, 5.74) is 3.18. The van der Waals surface area contributed by atoms with Crippen molar-refractivity contribution in [3.05, 3.63) is 50.8 Å². The molecule has 0 fully saturated rings. The number of halogens is 2. The quantitative estimate of drug-likeness (QED) is 0.555. The van der Waals surface area contributed by atoms with Gasteiger partial charge in [0.25, 0.3) is 0 Å². The van der Waals surface area contributed by atoms with Gasteiger partial charge in [-0.3, -0.25) is 0 Å². The van der Waals surface area contributed by atoms with Crippen molar-refractivity contribution in [2.45, 2.75) is 6.92 Å². The molecule has 0 amide bonds. The van der Waals surface area contributed by atoms with Gasteiger partial charge in [0.15, 0.2) is 0 Å². The molecule has 18 heavy (non-hydrogen) atoms. The first-order valence-electron chi connectivity index (χ1n) is 5.47. The normalized spacial score (nSPS) is 11.1. The van der Waals surface area contributed by atoms with Crippen LogP contribution in [0.5, 0.6) is 0 Å². The van der Waals surface area contributed by atoms with E-state index in [1.807, 2.05) is 30.3 Å². The first kappa shape index (κ1) is 12.2. The molecule has 0 radical (unpaired) electrons. The van der Waals surface area contributed by atoms with Crippen LogP contribution in [0.1, 0.15) is 5.56 Å². The third-order valence-electron chi connectivity index (χ3n) is 2.88. The van der Waals surface area contributed by atoms with E-state index in [1.165, 1.54) is 10.9 Å². The van der Waals surface area contributed by atoms with Gasteiger partial charge in [-0.25, -0.2) is 4.98 Å². The van der Waals surface area contributed by atoms with E-state index in [0.717, 1.165) is 24.9 Å². The van der Waals surface area contributed by atoms with Crippen molar-refractivity contribution in [1.82, 2.24) is 4.98 Å². The lowest BCUT2D eigenvalue weighted by molar-refractivity contribution is 1.35. The Morgan fingerprint density at radius 3 is 2.67 bits per heavy atom. The summed E-state index contributed by atoms with van der Waals surface area (Å²) in [4.78, 5) is 5.81. The van der Waals surface area contributed by atoms with Gasteiger partial charge in [0.05, 0.1) is 20.4 Å². The summed E-state index contributed by atoms with van der Waals surface area (Å²) in [5, 5.41) is 1.18. The fourth-order valence-electron chi connectivity index (χ4n) is 1.96. The number of rotatable bonds is 1. The summed E-state index contributed by atoms with van der Waals surface area (Å²) in [6, 6.07) is 12.1. The maximum atomic E-state index is 6.00. The van der Waals surface area contributed by atoms with Crippen LogP contribution < -0.4 is 0 Å². The van der Waals surface area contributed by atoms with E-state index >= 15 is 0 Å². The number of aromatic nitrogens is 1. The highest BCUT2D eigenvalue weighted by Crippen LogP contribution is 2.37. The number of pyridine rings is 1. The van der Waals surface area contributed by atoms with E-state index in [9.17, 15) is 0 Å². The highest BCUT2D eigenvalue weighted by atomic mass is 79.9. The molecule has 0 bridgehead atoms. The van der Waals surface area contributed by atoms with Gasteiger partial charge in [-0.1, -0.05) is 29.8 Å². The maximum Gasteiger partial charge on any atom is 0.0954 e. The van der Waals surface area contributed by atoms with Crippen LogP contribution in [0.4, 0.5) is 0 Å². The zero-order chi connectivity index (χ0) is 12.7. The Morgan fingerprint density at radius 1 is 1.17 bits per heavy atom. The van der Waals surface area contributed by atoms with E-state index in [-0.39, 0.29) is 0 Å². The molecule has 90 valence electrons. The van der Waals surface area contributed by atoms with Crippen molar-refractivity contribution in [2.75, 3.05) is 0 Å². The third kappa shape index (κ3) is 1.96. The van der Waals surface area contributed by atoms with Gasteiger partial charge >= 0.3 is 0 Å². The lowest BCUT2D eigenvalue weighted by Crippen LogP contribution is -1.90. The second-order valence-electron chi connectivity index (χ2n) is 4.02. The molecule has 3 rings (SSSR count). The van der Waals surface area contributed by atoms with Crippen molar-refractivity contribution in [1.29, 1.82) is 0 Å².